The third kappa shape index (κ3) is 3.13. The van der Waals surface area contributed by atoms with Gasteiger partial charge in [0.05, 0.1) is 6.61 Å². The molecule has 6 heteroatoms. The number of hydrogen-bond acceptors (Lipinski definition) is 6. The minimum Gasteiger partial charge on any atom is -0.384 e. The zero-order valence-electron chi connectivity index (χ0n) is 8.28. The van der Waals surface area contributed by atoms with Crippen LogP contribution in [0.25, 0.3) is 0 Å². The van der Waals surface area contributed by atoms with E-state index < -0.39 is 0 Å². The standard InChI is InChI=1S/C8H14N4OS/c1-6-5-10-8(12-9)11-7(6)14-4-3-13-2/h5H,3-4,9H2,1-2H3,(H,10,11,12). The number of thioether (sulfide) groups is 1. The van der Waals surface area contributed by atoms with E-state index in [9.17, 15) is 0 Å². The molecule has 0 spiro atoms. The van der Waals surface area contributed by atoms with Crippen molar-refractivity contribution in [2.75, 3.05) is 24.9 Å². The van der Waals surface area contributed by atoms with Gasteiger partial charge in [-0.3, -0.25) is 5.43 Å². The predicted octanol–water partition coefficient (Wildman–Crippen LogP) is 0.809. The summed E-state index contributed by atoms with van der Waals surface area (Å²) in [6.07, 6.45) is 1.75. The molecule has 1 rings (SSSR count). The largest absolute Gasteiger partial charge is 0.384 e. The number of nitrogen functional groups attached to an aromatic ring is 1. The van der Waals surface area contributed by atoms with Crippen LogP contribution in [-0.4, -0.2) is 29.4 Å². The highest BCUT2D eigenvalue weighted by atomic mass is 32.2. The molecule has 0 amide bonds. The average Bonchev–Trinajstić information content (AvgIpc) is 2.21. The van der Waals surface area contributed by atoms with Gasteiger partial charge < -0.3 is 4.74 Å². The quantitative estimate of drug-likeness (QED) is 0.248. The van der Waals surface area contributed by atoms with Crippen LogP contribution < -0.4 is 11.3 Å². The van der Waals surface area contributed by atoms with Gasteiger partial charge in [0.1, 0.15) is 5.03 Å². The number of nitrogens with two attached hydrogens (primary N) is 1. The maximum atomic E-state index is 5.21. The first kappa shape index (κ1) is 11.2. The second-order valence-electron chi connectivity index (χ2n) is 2.67. The van der Waals surface area contributed by atoms with Gasteiger partial charge in [0, 0.05) is 19.1 Å². The Hall–Kier alpha value is -0.850. The summed E-state index contributed by atoms with van der Waals surface area (Å²) in [4.78, 5) is 8.22. The van der Waals surface area contributed by atoms with Gasteiger partial charge in [0.2, 0.25) is 5.95 Å². The van der Waals surface area contributed by atoms with E-state index >= 15 is 0 Å². The third-order valence-electron chi connectivity index (χ3n) is 1.58. The molecule has 0 fully saturated rings. The fraction of sp³-hybridized carbons (Fsp3) is 0.500. The van der Waals surface area contributed by atoms with Gasteiger partial charge in [-0.15, -0.1) is 11.8 Å². The van der Waals surface area contributed by atoms with Crippen molar-refractivity contribution in [2.24, 2.45) is 5.84 Å². The molecular weight excluding hydrogens is 200 g/mol. The molecule has 0 aliphatic carbocycles. The summed E-state index contributed by atoms with van der Waals surface area (Å²) in [6, 6.07) is 0. The zero-order valence-corrected chi connectivity index (χ0v) is 9.10. The minimum atomic E-state index is 0.440. The number of ether oxygens (including phenoxy) is 1. The van der Waals surface area contributed by atoms with Crippen molar-refractivity contribution in [1.82, 2.24) is 9.97 Å². The van der Waals surface area contributed by atoms with Crippen LogP contribution >= 0.6 is 11.8 Å². The summed E-state index contributed by atoms with van der Waals surface area (Å²) in [6.45, 7) is 2.68. The van der Waals surface area contributed by atoms with Crippen LogP contribution in [0.15, 0.2) is 11.2 Å². The minimum absolute atomic E-state index is 0.440. The molecule has 0 aromatic carbocycles. The molecular formula is C8H14N4OS. The van der Waals surface area contributed by atoms with E-state index in [0.29, 0.717) is 12.6 Å². The van der Waals surface area contributed by atoms with Crippen molar-refractivity contribution in [3.63, 3.8) is 0 Å². The van der Waals surface area contributed by atoms with Crippen molar-refractivity contribution >= 4 is 17.7 Å². The van der Waals surface area contributed by atoms with E-state index in [4.69, 9.17) is 10.6 Å². The smallest absolute Gasteiger partial charge is 0.238 e. The predicted molar refractivity (Wildman–Crippen MR) is 57.2 cm³/mol. The van der Waals surface area contributed by atoms with E-state index in [1.165, 1.54) is 0 Å². The molecule has 1 aromatic rings. The molecule has 0 saturated carbocycles. The third-order valence-corrected chi connectivity index (χ3v) is 2.64. The zero-order chi connectivity index (χ0) is 10.4. The Morgan fingerprint density at radius 3 is 3.07 bits per heavy atom. The SMILES string of the molecule is COCCSc1nc(NN)ncc1C. The Kier molecular flexibility index (Phi) is 4.64. The van der Waals surface area contributed by atoms with Gasteiger partial charge in [0.15, 0.2) is 0 Å². The van der Waals surface area contributed by atoms with Gasteiger partial charge in [-0.05, 0) is 12.5 Å². The molecule has 0 radical (unpaired) electrons. The molecule has 1 heterocycles. The molecule has 0 aliphatic heterocycles. The summed E-state index contributed by atoms with van der Waals surface area (Å²) in [7, 11) is 1.68. The van der Waals surface area contributed by atoms with E-state index in [2.05, 4.69) is 15.4 Å². The molecule has 0 atom stereocenters. The van der Waals surface area contributed by atoms with Crippen molar-refractivity contribution in [2.45, 2.75) is 11.9 Å². The van der Waals surface area contributed by atoms with Crippen LogP contribution in [0.2, 0.25) is 0 Å². The molecule has 0 bridgehead atoms. The Labute approximate surface area is 87.4 Å². The highest BCUT2D eigenvalue weighted by molar-refractivity contribution is 7.99. The first-order valence-electron chi connectivity index (χ1n) is 4.20. The van der Waals surface area contributed by atoms with Crippen molar-refractivity contribution < 1.29 is 4.74 Å². The van der Waals surface area contributed by atoms with Crippen LogP contribution in [-0.2, 0) is 4.74 Å². The first-order chi connectivity index (χ1) is 6.77. The maximum Gasteiger partial charge on any atom is 0.238 e. The normalized spacial score (nSPS) is 10.2. The second-order valence-corrected chi connectivity index (χ2v) is 3.75. The summed E-state index contributed by atoms with van der Waals surface area (Å²) in [5.41, 5.74) is 3.46. The summed E-state index contributed by atoms with van der Waals surface area (Å²) >= 11 is 1.63. The van der Waals surface area contributed by atoms with Crippen LogP contribution in [0.3, 0.4) is 0 Å². The number of aryl methyl sites for hydroxylation is 1. The number of anilines is 1. The lowest BCUT2D eigenvalue weighted by Gasteiger charge is -2.05. The van der Waals surface area contributed by atoms with Gasteiger partial charge in [-0.25, -0.2) is 15.8 Å². The number of methoxy groups -OCH3 is 1. The highest BCUT2D eigenvalue weighted by Gasteiger charge is 2.03. The van der Waals surface area contributed by atoms with Crippen LogP contribution in [0.1, 0.15) is 5.56 Å². The average molecular weight is 214 g/mol. The van der Waals surface area contributed by atoms with E-state index in [-0.39, 0.29) is 0 Å². The molecule has 3 N–H and O–H groups in total. The van der Waals surface area contributed by atoms with Crippen LogP contribution in [0.5, 0.6) is 0 Å². The number of hydrogen-bond donors (Lipinski definition) is 2. The fourth-order valence-electron chi connectivity index (χ4n) is 0.864. The Balaban J connectivity index is 2.64. The van der Waals surface area contributed by atoms with Gasteiger partial charge in [-0.2, -0.15) is 0 Å². The van der Waals surface area contributed by atoms with Crippen LogP contribution in [0, 0.1) is 6.92 Å². The number of nitrogens with one attached hydrogen (secondary N) is 1. The topological polar surface area (TPSA) is 73.1 Å². The molecule has 1 aromatic heterocycles. The molecule has 0 unspecified atom stereocenters. The lowest BCUT2D eigenvalue weighted by Crippen LogP contribution is -2.11. The monoisotopic (exact) mass is 214 g/mol. The fourth-order valence-corrected chi connectivity index (χ4v) is 1.74. The van der Waals surface area contributed by atoms with Gasteiger partial charge in [0.25, 0.3) is 0 Å². The number of nitrogens with zero attached hydrogens (tertiary/aromatic N) is 2. The van der Waals surface area contributed by atoms with E-state index in [0.717, 1.165) is 16.3 Å². The molecule has 0 saturated heterocycles. The first-order valence-corrected chi connectivity index (χ1v) is 5.18. The lowest BCUT2D eigenvalue weighted by atomic mass is 10.4. The lowest BCUT2D eigenvalue weighted by molar-refractivity contribution is 0.218. The number of aromatic nitrogens is 2. The van der Waals surface area contributed by atoms with Crippen molar-refractivity contribution in [3.05, 3.63) is 11.8 Å². The molecule has 78 valence electrons. The Bertz CT molecular complexity index is 295. The second kappa shape index (κ2) is 5.79. The summed E-state index contributed by atoms with van der Waals surface area (Å²) in [5.74, 6) is 6.53. The highest BCUT2D eigenvalue weighted by Crippen LogP contribution is 2.19. The molecule has 14 heavy (non-hydrogen) atoms. The van der Waals surface area contributed by atoms with Gasteiger partial charge >= 0.3 is 0 Å². The Morgan fingerprint density at radius 2 is 2.43 bits per heavy atom. The molecule has 0 aliphatic rings. The summed E-state index contributed by atoms with van der Waals surface area (Å²) < 4.78 is 4.96. The molecule has 5 nitrogen and oxygen atoms in total. The Morgan fingerprint density at radius 1 is 1.64 bits per heavy atom. The van der Waals surface area contributed by atoms with Crippen LogP contribution in [0.4, 0.5) is 5.95 Å². The van der Waals surface area contributed by atoms with Crippen molar-refractivity contribution in [1.29, 1.82) is 0 Å². The maximum absolute atomic E-state index is 5.21. The van der Waals surface area contributed by atoms with Crippen molar-refractivity contribution in [3.8, 4) is 0 Å². The number of hydrazine groups is 1. The number of rotatable bonds is 5. The summed E-state index contributed by atoms with van der Waals surface area (Å²) in [5, 5.41) is 0.935. The van der Waals surface area contributed by atoms with E-state index in [1.807, 2.05) is 6.92 Å². The van der Waals surface area contributed by atoms with E-state index in [1.54, 1.807) is 25.1 Å². The van der Waals surface area contributed by atoms with Gasteiger partial charge in [-0.1, -0.05) is 0 Å².